The van der Waals surface area contributed by atoms with Gasteiger partial charge >= 0.3 is 0 Å². The molecule has 0 bridgehead atoms. The molecule has 0 aliphatic heterocycles. The second-order valence-corrected chi connectivity index (χ2v) is 8.34. The topological polar surface area (TPSA) is 34.1 Å². The first kappa shape index (κ1) is 21.0. The zero-order valence-corrected chi connectivity index (χ0v) is 18.6. The van der Waals surface area contributed by atoms with Crippen molar-refractivity contribution in [3.63, 3.8) is 0 Å². The Hall–Kier alpha value is -3.85. The molecule has 0 amide bonds. The van der Waals surface area contributed by atoms with E-state index < -0.39 is 5.82 Å². The molecule has 0 unspecified atom stereocenters. The minimum Gasteiger partial charge on any atom is -0.289 e. The largest absolute Gasteiger partial charge is 0.289 e. The van der Waals surface area contributed by atoms with Crippen LogP contribution in [0.3, 0.4) is 0 Å². The first-order valence-corrected chi connectivity index (χ1v) is 11.3. The molecule has 0 heterocycles. The summed E-state index contributed by atoms with van der Waals surface area (Å²) in [7, 11) is 0. The number of carbonyl (C=O) groups excluding carboxylic acids is 2. The molecular formula is C30H23FO2. The number of hydrogen-bond acceptors (Lipinski definition) is 2. The van der Waals surface area contributed by atoms with E-state index in [1.54, 1.807) is 30.3 Å². The zero-order chi connectivity index (χ0) is 23.1. The maximum Gasteiger partial charge on any atom is 0.195 e. The summed E-state index contributed by atoms with van der Waals surface area (Å²) in [6, 6.07) is 23.5. The van der Waals surface area contributed by atoms with Crippen molar-refractivity contribution >= 4 is 11.6 Å². The Morgan fingerprint density at radius 3 is 1.64 bits per heavy atom. The highest BCUT2D eigenvalue weighted by atomic mass is 19.1. The Bertz CT molecular complexity index is 1400. The number of rotatable bonds is 4. The molecule has 2 nitrogen and oxygen atoms in total. The van der Waals surface area contributed by atoms with Crippen LogP contribution in [0.2, 0.25) is 0 Å². The number of fused-ring (bicyclic) bond motifs is 2. The number of benzene rings is 4. The zero-order valence-electron chi connectivity index (χ0n) is 18.6. The predicted octanol–water partition coefficient (Wildman–Crippen LogP) is 7.06. The summed E-state index contributed by atoms with van der Waals surface area (Å²) in [5.74, 6) is -1.05. The second-order valence-electron chi connectivity index (χ2n) is 8.34. The summed E-state index contributed by atoms with van der Waals surface area (Å²) in [5.41, 5.74) is 5.14. The summed E-state index contributed by atoms with van der Waals surface area (Å²) in [5, 5.41) is 0. The monoisotopic (exact) mass is 434 g/mol. The molecule has 4 aromatic carbocycles. The van der Waals surface area contributed by atoms with Gasteiger partial charge in [-0.1, -0.05) is 86.6 Å². The fourth-order valence-electron chi connectivity index (χ4n) is 4.54. The highest BCUT2D eigenvalue weighted by Crippen LogP contribution is 2.41. The molecule has 1 aliphatic rings. The van der Waals surface area contributed by atoms with E-state index in [4.69, 9.17) is 0 Å². The Morgan fingerprint density at radius 1 is 0.576 bits per heavy atom. The Kier molecular flexibility index (Phi) is 5.26. The predicted molar refractivity (Wildman–Crippen MR) is 129 cm³/mol. The molecule has 0 spiro atoms. The SMILES string of the molecule is CCc1ccc(-c2cc3c(c(-c4ccc(CC)cc4)c2F)C(=O)c2ccccc2C3=O)cc1. The molecule has 5 rings (SSSR count). The van der Waals surface area contributed by atoms with Gasteiger partial charge in [-0.2, -0.15) is 0 Å². The molecule has 0 N–H and O–H groups in total. The molecular weight excluding hydrogens is 411 g/mol. The van der Waals surface area contributed by atoms with Crippen LogP contribution < -0.4 is 0 Å². The Balaban J connectivity index is 1.82. The van der Waals surface area contributed by atoms with Gasteiger partial charge in [-0.05, 0) is 41.2 Å². The number of hydrogen-bond donors (Lipinski definition) is 0. The van der Waals surface area contributed by atoms with E-state index in [0.29, 0.717) is 27.8 Å². The lowest BCUT2D eigenvalue weighted by molar-refractivity contribution is 0.0979. The van der Waals surface area contributed by atoms with Crippen LogP contribution >= 0.6 is 0 Å². The van der Waals surface area contributed by atoms with Crippen LogP contribution in [0.5, 0.6) is 0 Å². The summed E-state index contributed by atoms with van der Waals surface area (Å²) in [6.45, 7) is 4.12. The van der Waals surface area contributed by atoms with Crippen molar-refractivity contribution in [1.82, 2.24) is 0 Å². The molecule has 4 aromatic rings. The van der Waals surface area contributed by atoms with Crippen molar-refractivity contribution in [3.8, 4) is 22.3 Å². The van der Waals surface area contributed by atoms with Gasteiger partial charge in [0, 0.05) is 33.4 Å². The molecule has 0 radical (unpaired) electrons. The fraction of sp³-hybridized carbons (Fsp3) is 0.133. The lowest BCUT2D eigenvalue weighted by atomic mass is 9.78. The molecule has 0 saturated heterocycles. The van der Waals surface area contributed by atoms with Crippen molar-refractivity contribution < 1.29 is 14.0 Å². The van der Waals surface area contributed by atoms with Crippen LogP contribution in [0.1, 0.15) is 56.8 Å². The first-order chi connectivity index (χ1) is 16.0. The van der Waals surface area contributed by atoms with Gasteiger partial charge in [0.2, 0.25) is 0 Å². The van der Waals surface area contributed by atoms with Crippen molar-refractivity contribution in [2.45, 2.75) is 26.7 Å². The Labute approximate surface area is 192 Å². The fourth-order valence-corrected chi connectivity index (χ4v) is 4.54. The minimum atomic E-state index is -0.484. The van der Waals surface area contributed by atoms with Gasteiger partial charge in [-0.25, -0.2) is 4.39 Å². The lowest BCUT2D eigenvalue weighted by Crippen LogP contribution is -2.22. The van der Waals surface area contributed by atoms with Gasteiger partial charge in [0.05, 0.1) is 0 Å². The quantitative estimate of drug-likeness (QED) is 0.303. The number of ketones is 2. The van der Waals surface area contributed by atoms with Gasteiger partial charge < -0.3 is 0 Å². The van der Waals surface area contributed by atoms with E-state index in [9.17, 15) is 9.59 Å². The number of halogens is 1. The van der Waals surface area contributed by atoms with Crippen LogP contribution in [0.15, 0.2) is 78.9 Å². The van der Waals surface area contributed by atoms with E-state index in [1.807, 2.05) is 48.5 Å². The molecule has 0 saturated carbocycles. The molecule has 0 atom stereocenters. The first-order valence-electron chi connectivity index (χ1n) is 11.3. The van der Waals surface area contributed by atoms with Gasteiger partial charge in [0.25, 0.3) is 0 Å². The highest BCUT2D eigenvalue weighted by Gasteiger charge is 2.34. The third-order valence-electron chi connectivity index (χ3n) is 6.48. The third kappa shape index (κ3) is 3.41. The molecule has 3 heteroatoms. The van der Waals surface area contributed by atoms with Crippen molar-refractivity contribution in [1.29, 1.82) is 0 Å². The lowest BCUT2D eigenvalue weighted by Gasteiger charge is -2.23. The second kappa shape index (κ2) is 8.25. The summed E-state index contributed by atoms with van der Waals surface area (Å²) >= 11 is 0. The van der Waals surface area contributed by atoms with Crippen LogP contribution in [-0.4, -0.2) is 11.6 Å². The number of carbonyl (C=O) groups is 2. The van der Waals surface area contributed by atoms with Gasteiger partial charge in [0.15, 0.2) is 11.6 Å². The molecule has 162 valence electrons. The van der Waals surface area contributed by atoms with Crippen molar-refractivity contribution in [2.75, 3.05) is 0 Å². The standard InChI is InChI=1S/C30H23FO2/c1-3-18-9-13-20(14-10-18)24-17-25-27(30(33)23-8-6-5-7-22(23)29(25)32)26(28(24)31)21-15-11-19(4-2)12-16-21/h5-17H,3-4H2,1-2H3. The van der Waals surface area contributed by atoms with E-state index >= 15 is 4.39 Å². The van der Waals surface area contributed by atoms with E-state index in [1.165, 1.54) is 0 Å². The van der Waals surface area contributed by atoms with Crippen LogP contribution in [-0.2, 0) is 12.8 Å². The van der Waals surface area contributed by atoms with Crippen LogP contribution in [0.4, 0.5) is 4.39 Å². The van der Waals surface area contributed by atoms with E-state index in [-0.39, 0.29) is 28.3 Å². The van der Waals surface area contributed by atoms with E-state index in [0.717, 1.165) is 24.0 Å². The van der Waals surface area contributed by atoms with Gasteiger partial charge in [-0.15, -0.1) is 0 Å². The maximum absolute atomic E-state index is 16.2. The highest BCUT2D eigenvalue weighted by molar-refractivity contribution is 6.30. The molecule has 0 aromatic heterocycles. The maximum atomic E-state index is 16.2. The smallest absolute Gasteiger partial charge is 0.195 e. The third-order valence-corrected chi connectivity index (χ3v) is 6.48. The average Bonchev–Trinajstić information content (AvgIpc) is 2.87. The molecule has 33 heavy (non-hydrogen) atoms. The van der Waals surface area contributed by atoms with Crippen LogP contribution in [0.25, 0.3) is 22.3 Å². The van der Waals surface area contributed by atoms with Gasteiger partial charge in [-0.3, -0.25) is 9.59 Å². The van der Waals surface area contributed by atoms with E-state index in [2.05, 4.69) is 13.8 Å². The average molecular weight is 435 g/mol. The molecule has 1 aliphatic carbocycles. The van der Waals surface area contributed by atoms with Gasteiger partial charge in [0.1, 0.15) is 5.82 Å². The minimum absolute atomic E-state index is 0.148. The van der Waals surface area contributed by atoms with Crippen LogP contribution in [0, 0.1) is 5.82 Å². The summed E-state index contributed by atoms with van der Waals surface area (Å²) < 4.78 is 16.2. The number of aryl methyl sites for hydroxylation is 2. The summed E-state index contributed by atoms with van der Waals surface area (Å²) in [4.78, 5) is 27.0. The summed E-state index contributed by atoms with van der Waals surface area (Å²) in [6.07, 6.45) is 1.74. The molecule has 0 fully saturated rings. The van der Waals surface area contributed by atoms with Crippen molar-refractivity contribution in [2.24, 2.45) is 0 Å². The normalized spacial score (nSPS) is 12.5. The Morgan fingerprint density at radius 2 is 1.09 bits per heavy atom. The van der Waals surface area contributed by atoms with Crippen molar-refractivity contribution in [3.05, 3.63) is 118 Å².